The highest BCUT2D eigenvalue weighted by Crippen LogP contribution is 2.17. The van der Waals surface area contributed by atoms with Crippen LogP contribution in [0.4, 0.5) is 9.18 Å². The van der Waals surface area contributed by atoms with Crippen LogP contribution in [0.1, 0.15) is 31.2 Å². The summed E-state index contributed by atoms with van der Waals surface area (Å²) in [6.07, 6.45) is 4.54. The molecule has 1 aliphatic rings. The molecule has 4 heteroatoms. The minimum absolute atomic E-state index is 0.138. The molecule has 3 nitrogen and oxygen atoms in total. The zero-order valence-corrected chi connectivity index (χ0v) is 9.71. The third-order valence-corrected chi connectivity index (χ3v) is 3.06. The van der Waals surface area contributed by atoms with Crippen molar-refractivity contribution in [1.82, 2.24) is 10.6 Å². The lowest BCUT2D eigenvalue weighted by atomic mass is 10.2. The molecule has 2 N–H and O–H groups in total. The van der Waals surface area contributed by atoms with Crippen molar-refractivity contribution in [1.29, 1.82) is 0 Å². The molecule has 2 rings (SSSR count). The highest BCUT2D eigenvalue weighted by Gasteiger charge is 2.16. The Morgan fingerprint density at radius 1 is 1.24 bits per heavy atom. The van der Waals surface area contributed by atoms with Crippen LogP contribution in [0.2, 0.25) is 0 Å². The fraction of sp³-hybridized carbons (Fsp3) is 0.462. The third kappa shape index (κ3) is 3.73. The predicted octanol–water partition coefficient (Wildman–Crippen LogP) is 2.57. The topological polar surface area (TPSA) is 41.1 Å². The molecular weight excluding hydrogens is 219 g/mol. The van der Waals surface area contributed by atoms with Crippen molar-refractivity contribution in [2.45, 2.75) is 38.3 Å². The molecule has 0 radical (unpaired) electrons. The molecule has 1 saturated carbocycles. The van der Waals surface area contributed by atoms with Crippen LogP contribution in [0.25, 0.3) is 0 Å². The van der Waals surface area contributed by atoms with E-state index in [4.69, 9.17) is 0 Å². The van der Waals surface area contributed by atoms with Crippen molar-refractivity contribution >= 4 is 6.03 Å². The number of nitrogens with one attached hydrogen (secondary N) is 2. The van der Waals surface area contributed by atoms with Gasteiger partial charge in [0.25, 0.3) is 0 Å². The van der Waals surface area contributed by atoms with E-state index in [9.17, 15) is 9.18 Å². The zero-order valence-electron chi connectivity index (χ0n) is 9.71. The Kier molecular flexibility index (Phi) is 3.96. The van der Waals surface area contributed by atoms with Crippen LogP contribution < -0.4 is 10.6 Å². The normalized spacial score (nSPS) is 15.8. The Balaban J connectivity index is 1.73. The molecule has 0 unspecified atom stereocenters. The maximum absolute atomic E-state index is 12.7. The Morgan fingerprint density at radius 2 is 1.88 bits per heavy atom. The number of carbonyl (C=O) groups is 1. The van der Waals surface area contributed by atoms with E-state index >= 15 is 0 Å². The predicted molar refractivity (Wildman–Crippen MR) is 64.0 cm³/mol. The van der Waals surface area contributed by atoms with Gasteiger partial charge in [-0.15, -0.1) is 0 Å². The monoisotopic (exact) mass is 236 g/mol. The maximum Gasteiger partial charge on any atom is 0.315 e. The number of carbonyl (C=O) groups excluding carboxylic acids is 1. The van der Waals surface area contributed by atoms with Crippen molar-refractivity contribution in [3.63, 3.8) is 0 Å². The Bertz CT molecular complexity index is 372. The van der Waals surface area contributed by atoms with Gasteiger partial charge < -0.3 is 10.6 Å². The van der Waals surface area contributed by atoms with Crippen LogP contribution in [0.15, 0.2) is 24.3 Å². The van der Waals surface area contributed by atoms with Gasteiger partial charge in [-0.05, 0) is 30.5 Å². The largest absolute Gasteiger partial charge is 0.335 e. The van der Waals surface area contributed by atoms with E-state index in [0.29, 0.717) is 12.6 Å². The number of rotatable bonds is 3. The van der Waals surface area contributed by atoms with E-state index in [0.717, 1.165) is 18.4 Å². The third-order valence-electron chi connectivity index (χ3n) is 3.06. The summed E-state index contributed by atoms with van der Waals surface area (Å²) in [6, 6.07) is 6.32. The molecule has 1 fully saturated rings. The summed E-state index contributed by atoms with van der Waals surface area (Å²) in [7, 11) is 0. The van der Waals surface area contributed by atoms with Crippen molar-refractivity contribution in [3.05, 3.63) is 35.6 Å². The minimum atomic E-state index is -0.260. The van der Waals surface area contributed by atoms with Crippen LogP contribution >= 0.6 is 0 Å². The van der Waals surface area contributed by atoms with Crippen LogP contribution in [0.5, 0.6) is 0 Å². The fourth-order valence-corrected chi connectivity index (χ4v) is 2.09. The average Bonchev–Trinajstić information content (AvgIpc) is 2.81. The van der Waals surface area contributed by atoms with Gasteiger partial charge >= 0.3 is 6.03 Å². The van der Waals surface area contributed by atoms with Gasteiger partial charge in [0.1, 0.15) is 5.82 Å². The van der Waals surface area contributed by atoms with E-state index in [1.165, 1.54) is 25.0 Å². The molecule has 2 amide bonds. The lowest BCUT2D eigenvalue weighted by molar-refractivity contribution is 0.236. The van der Waals surface area contributed by atoms with Gasteiger partial charge in [-0.2, -0.15) is 0 Å². The fourth-order valence-electron chi connectivity index (χ4n) is 2.09. The lowest BCUT2D eigenvalue weighted by Crippen LogP contribution is -2.40. The summed E-state index contributed by atoms with van der Waals surface area (Å²) in [6.45, 7) is 0.429. The summed E-state index contributed by atoms with van der Waals surface area (Å²) in [5, 5.41) is 5.71. The number of hydrogen-bond acceptors (Lipinski definition) is 1. The summed E-state index contributed by atoms with van der Waals surface area (Å²) < 4.78 is 12.7. The van der Waals surface area contributed by atoms with E-state index in [1.807, 2.05) is 0 Å². The van der Waals surface area contributed by atoms with E-state index < -0.39 is 0 Å². The Morgan fingerprint density at radius 3 is 2.53 bits per heavy atom. The first-order valence-corrected chi connectivity index (χ1v) is 6.03. The van der Waals surface area contributed by atoms with Gasteiger partial charge in [0.15, 0.2) is 0 Å². The standard InChI is InChI=1S/C13H17FN2O/c14-11-7-5-10(6-8-11)9-15-13(17)16-12-3-1-2-4-12/h5-8,12H,1-4,9H2,(H2,15,16,17). The molecule has 92 valence electrons. The van der Waals surface area contributed by atoms with Crippen molar-refractivity contribution in [3.8, 4) is 0 Å². The smallest absolute Gasteiger partial charge is 0.315 e. The van der Waals surface area contributed by atoms with Gasteiger partial charge in [0, 0.05) is 12.6 Å². The maximum atomic E-state index is 12.7. The summed E-state index contributed by atoms with van der Waals surface area (Å²) in [5.74, 6) is -0.260. The van der Waals surface area contributed by atoms with Gasteiger partial charge in [0.2, 0.25) is 0 Å². The molecule has 0 saturated heterocycles. The molecule has 0 spiro atoms. The molecule has 1 aromatic rings. The van der Waals surface area contributed by atoms with Crippen LogP contribution in [-0.4, -0.2) is 12.1 Å². The van der Waals surface area contributed by atoms with Crippen LogP contribution in [-0.2, 0) is 6.54 Å². The molecule has 0 atom stereocenters. The SMILES string of the molecule is O=C(NCc1ccc(F)cc1)NC1CCCC1. The van der Waals surface area contributed by atoms with E-state index in [1.54, 1.807) is 12.1 Å². The van der Waals surface area contributed by atoms with Crippen molar-refractivity contribution in [2.75, 3.05) is 0 Å². The van der Waals surface area contributed by atoms with E-state index in [2.05, 4.69) is 10.6 Å². The van der Waals surface area contributed by atoms with Crippen LogP contribution in [0, 0.1) is 5.82 Å². The highest BCUT2D eigenvalue weighted by molar-refractivity contribution is 5.74. The first kappa shape index (κ1) is 11.9. The number of urea groups is 1. The molecule has 0 aromatic heterocycles. The second kappa shape index (κ2) is 5.66. The first-order valence-electron chi connectivity index (χ1n) is 6.03. The van der Waals surface area contributed by atoms with Gasteiger partial charge in [0.05, 0.1) is 0 Å². The van der Waals surface area contributed by atoms with Gasteiger partial charge in [-0.25, -0.2) is 9.18 Å². The summed E-state index contributed by atoms with van der Waals surface area (Å²) >= 11 is 0. The Hall–Kier alpha value is -1.58. The van der Waals surface area contributed by atoms with Crippen molar-refractivity contribution in [2.24, 2.45) is 0 Å². The first-order chi connectivity index (χ1) is 8.24. The molecule has 0 aliphatic heterocycles. The second-order valence-corrected chi connectivity index (χ2v) is 4.43. The van der Waals surface area contributed by atoms with Crippen LogP contribution in [0.3, 0.4) is 0 Å². The van der Waals surface area contributed by atoms with Gasteiger partial charge in [-0.1, -0.05) is 25.0 Å². The molecular formula is C13H17FN2O. The number of amides is 2. The van der Waals surface area contributed by atoms with Crippen molar-refractivity contribution < 1.29 is 9.18 Å². The minimum Gasteiger partial charge on any atom is -0.335 e. The molecule has 1 aromatic carbocycles. The Labute approximate surface area is 100 Å². The lowest BCUT2D eigenvalue weighted by Gasteiger charge is -2.12. The number of halogens is 1. The quantitative estimate of drug-likeness (QED) is 0.832. The van der Waals surface area contributed by atoms with E-state index in [-0.39, 0.29) is 11.8 Å². The highest BCUT2D eigenvalue weighted by atomic mass is 19.1. The number of benzene rings is 1. The molecule has 0 heterocycles. The average molecular weight is 236 g/mol. The summed E-state index contributed by atoms with van der Waals surface area (Å²) in [5.41, 5.74) is 0.896. The molecule has 17 heavy (non-hydrogen) atoms. The second-order valence-electron chi connectivity index (χ2n) is 4.43. The molecule has 1 aliphatic carbocycles. The summed E-state index contributed by atoms with van der Waals surface area (Å²) in [4.78, 5) is 11.5. The van der Waals surface area contributed by atoms with Gasteiger partial charge in [-0.3, -0.25) is 0 Å². The molecule has 0 bridgehead atoms. The number of hydrogen-bond donors (Lipinski definition) is 2. The zero-order chi connectivity index (χ0) is 12.1.